The van der Waals surface area contributed by atoms with Crippen LogP contribution in [0, 0.1) is 17.5 Å². The van der Waals surface area contributed by atoms with Crippen LogP contribution in [0.4, 0.5) is 19.2 Å². The first-order chi connectivity index (χ1) is 13.5. The van der Waals surface area contributed by atoms with Crippen molar-refractivity contribution >= 4 is 22.8 Å². The highest BCUT2D eigenvalue weighted by atomic mass is 19.1. The monoisotopic (exact) mass is 385 g/mol. The molecule has 0 fully saturated rings. The Labute approximate surface area is 157 Å². The van der Waals surface area contributed by atoms with Crippen LogP contribution in [0.15, 0.2) is 53.3 Å². The molecule has 8 heteroatoms. The lowest BCUT2D eigenvalue weighted by molar-refractivity contribution is -0.116. The molecule has 5 nitrogen and oxygen atoms in total. The number of hydrogen-bond donors (Lipinski definition) is 2. The number of aromatic nitrogens is 2. The van der Waals surface area contributed by atoms with Crippen molar-refractivity contribution in [3.8, 4) is 11.3 Å². The van der Waals surface area contributed by atoms with E-state index < -0.39 is 17.5 Å². The number of oxazole rings is 1. The molecule has 142 valence electrons. The summed E-state index contributed by atoms with van der Waals surface area (Å²) < 4.78 is 46.3. The largest absolute Gasteiger partial charge is 0.432 e. The first kappa shape index (κ1) is 17.8. The van der Waals surface area contributed by atoms with Gasteiger partial charge in [0.05, 0.1) is 11.7 Å². The molecule has 2 N–H and O–H groups in total. The zero-order valence-electron chi connectivity index (χ0n) is 14.4. The van der Waals surface area contributed by atoms with Crippen LogP contribution in [-0.4, -0.2) is 15.9 Å². The Hall–Kier alpha value is -3.55. The van der Waals surface area contributed by atoms with E-state index in [9.17, 15) is 18.0 Å². The molecule has 0 aliphatic heterocycles. The minimum atomic E-state index is -0.742. The van der Waals surface area contributed by atoms with Gasteiger partial charge in [-0.15, -0.1) is 0 Å². The lowest BCUT2D eigenvalue weighted by Gasteiger charge is -2.06. The van der Waals surface area contributed by atoms with Crippen LogP contribution in [0.1, 0.15) is 12.0 Å². The normalized spacial score (nSPS) is 11.1. The summed E-state index contributed by atoms with van der Waals surface area (Å²) in [4.78, 5) is 18.9. The highest BCUT2D eigenvalue weighted by molar-refractivity contribution is 5.93. The zero-order chi connectivity index (χ0) is 19.7. The van der Waals surface area contributed by atoms with Crippen molar-refractivity contribution in [3.05, 3.63) is 71.9 Å². The number of halogens is 3. The van der Waals surface area contributed by atoms with E-state index in [1.807, 2.05) is 0 Å². The van der Waals surface area contributed by atoms with Gasteiger partial charge in [-0.05, 0) is 47.9 Å². The van der Waals surface area contributed by atoms with Gasteiger partial charge in [0.25, 0.3) is 0 Å². The van der Waals surface area contributed by atoms with Gasteiger partial charge in [0.15, 0.2) is 0 Å². The molecule has 4 aromatic rings. The molecule has 0 saturated carbocycles. The number of carbonyl (C=O) groups excluding carboxylic acids is 1. The molecule has 2 aromatic heterocycles. The third-order valence-electron chi connectivity index (χ3n) is 4.35. The fourth-order valence-electron chi connectivity index (χ4n) is 3.10. The van der Waals surface area contributed by atoms with Crippen LogP contribution in [0.25, 0.3) is 22.2 Å². The van der Waals surface area contributed by atoms with Crippen LogP contribution in [-0.2, 0) is 11.2 Å². The summed E-state index contributed by atoms with van der Waals surface area (Å²) in [6, 6.07) is 7.68. The predicted molar refractivity (Wildman–Crippen MR) is 97.1 cm³/mol. The van der Waals surface area contributed by atoms with Gasteiger partial charge in [0, 0.05) is 23.6 Å². The number of aromatic amines is 1. The Morgan fingerprint density at radius 3 is 2.61 bits per heavy atom. The molecule has 4 rings (SSSR count). The van der Waals surface area contributed by atoms with E-state index in [4.69, 9.17) is 4.42 Å². The number of rotatable bonds is 5. The van der Waals surface area contributed by atoms with Crippen LogP contribution in [0.2, 0.25) is 0 Å². The van der Waals surface area contributed by atoms with Crippen LogP contribution < -0.4 is 5.32 Å². The maximum atomic E-state index is 14.2. The fraction of sp³-hybridized carbons (Fsp3) is 0.100. The minimum absolute atomic E-state index is 0.0294. The molecule has 0 radical (unpaired) electrons. The topological polar surface area (TPSA) is 70.9 Å². The summed E-state index contributed by atoms with van der Waals surface area (Å²) in [5, 5.41) is 2.83. The molecule has 0 aliphatic rings. The number of hydrogen-bond acceptors (Lipinski definition) is 3. The average Bonchev–Trinajstić information content (AvgIpc) is 3.28. The average molecular weight is 385 g/mol. The van der Waals surface area contributed by atoms with E-state index in [0.29, 0.717) is 22.2 Å². The van der Waals surface area contributed by atoms with E-state index in [1.165, 1.54) is 42.8 Å². The zero-order valence-corrected chi connectivity index (χ0v) is 14.4. The fourth-order valence-corrected chi connectivity index (χ4v) is 3.10. The van der Waals surface area contributed by atoms with Crippen molar-refractivity contribution in [1.82, 2.24) is 9.97 Å². The first-order valence-electron chi connectivity index (χ1n) is 8.46. The second-order valence-electron chi connectivity index (χ2n) is 6.18. The number of aryl methyl sites for hydroxylation is 1. The van der Waals surface area contributed by atoms with Crippen molar-refractivity contribution in [3.63, 3.8) is 0 Å². The summed E-state index contributed by atoms with van der Waals surface area (Å²) >= 11 is 0. The van der Waals surface area contributed by atoms with Crippen molar-refractivity contribution in [2.24, 2.45) is 0 Å². The number of H-pyrrole nitrogens is 1. The van der Waals surface area contributed by atoms with Gasteiger partial charge in [-0.2, -0.15) is 0 Å². The van der Waals surface area contributed by atoms with Gasteiger partial charge in [0.2, 0.25) is 5.91 Å². The Morgan fingerprint density at radius 2 is 1.89 bits per heavy atom. The molecule has 0 aliphatic carbocycles. The standard InChI is InChI=1S/C20H14F3N3O2/c21-12-3-1-11(2-4-12)18-14(5-6-17(27)25-20-24-7-8-28-20)15-9-13(22)10-16(23)19(15)26-18/h1-4,7-10,26H,5-6H2,(H,24,25,27). The summed E-state index contributed by atoms with van der Waals surface area (Å²) in [5.41, 5.74) is 1.79. The van der Waals surface area contributed by atoms with Gasteiger partial charge >= 0.3 is 6.01 Å². The number of nitrogens with zero attached hydrogens (tertiary/aromatic N) is 1. The van der Waals surface area contributed by atoms with Crippen molar-refractivity contribution in [2.75, 3.05) is 5.32 Å². The number of anilines is 1. The van der Waals surface area contributed by atoms with Crippen LogP contribution in [0.3, 0.4) is 0 Å². The smallest absolute Gasteiger partial charge is 0.301 e. The maximum absolute atomic E-state index is 14.2. The van der Waals surface area contributed by atoms with E-state index in [1.54, 1.807) is 0 Å². The molecule has 0 bridgehead atoms. The lowest BCUT2D eigenvalue weighted by atomic mass is 10.0. The Bertz CT molecular complexity index is 1140. The number of benzene rings is 2. The van der Waals surface area contributed by atoms with Gasteiger partial charge in [-0.1, -0.05) is 0 Å². The van der Waals surface area contributed by atoms with Crippen molar-refractivity contribution in [2.45, 2.75) is 12.8 Å². The summed E-state index contributed by atoms with van der Waals surface area (Å²) in [7, 11) is 0. The summed E-state index contributed by atoms with van der Waals surface area (Å²) in [6.45, 7) is 0. The van der Waals surface area contributed by atoms with Gasteiger partial charge in [0.1, 0.15) is 23.7 Å². The quantitative estimate of drug-likeness (QED) is 0.518. The van der Waals surface area contributed by atoms with Gasteiger partial charge in [-0.25, -0.2) is 18.2 Å². The van der Waals surface area contributed by atoms with Gasteiger partial charge < -0.3 is 9.40 Å². The molecule has 2 aromatic carbocycles. The number of fused-ring (bicyclic) bond motifs is 1. The van der Waals surface area contributed by atoms with Crippen molar-refractivity contribution < 1.29 is 22.4 Å². The molecule has 28 heavy (non-hydrogen) atoms. The predicted octanol–water partition coefficient (Wildman–Crippen LogP) is 4.81. The highest BCUT2D eigenvalue weighted by Gasteiger charge is 2.18. The second kappa shape index (κ2) is 7.22. The maximum Gasteiger partial charge on any atom is 0.301 e. The summed E-state index contributed by atoms with van der Waals surface area (Å²) in [6.07, 6.45) is 2.95. The molecule has 0 unspecified atom stereocenters. The summed E-state index contributed by atoms with van der Waals surface area (Å²) in [5.74, 6) is -2.24. The second-order valence-corrected chi connectivity index (χ2v) is 6.18. The molecule has 0 spiro atoms. The minimum Gasteiger partial charge on any atom is -0.432 e. The Balaban J connectivity index is 1.70. The third kappa shape index (κ3) is 3.48. The third-order valence-corrected chi connectivity index (χ3v) is 4.35. The Morgan fingerprint density at radius 1 is 1.11 bits per heavy atom. The van der Waals surface area contributed by atoms with Crippen LogP contribution in [0.5, 0.6) is 0 Å². The van der Waals surface area contributed by atoms with Gasteiger partial charge in [-0.3, -0.25) is 10.1 Å². The van der Waals surface area contributed by atoms with Crippen molar-refractivity contribution in [1.29, 1.82) is 0 Å². The molecule has 2 heterocycles. The molecular formula is C20H14F3N3O2. The SMILES string of the molecule is O=C(CCc1c(-c2ccc(F)cc2)[nH]c2c(F)cc(F)cc12)Nc1ncco1. The van der Waals surface area contributed by atoms with E-state index >= 15 is 0 Å². The first-order valence-corrected chi connectivity index (χ1v) is 8.46. The number of nitrogens with one attached hydrogen (secondary N) is 2. The molecule has 0 atom stereocenters. The number of amides is 1. The number of carbonyl (C=O) groups is 1. The highest BCUT2D eigenvalue weighted by Crippen LogP contribution is 2.33. The van der Waals surface area contributed by atoms with E-state index in [0.717, 1.165) is 6.07 Å². The van der Waals surface area contributed by atoms with E-state index in [-0.39, 0.29) is 30.3 Å². The van der Waals surface area contributed by atoms with Crippen LogP contribution >= 0.6 is 0 Å². The van der Waals surface area contributed by atoms with E-state index in [2.05, 4.69) is 15.3 Å². The Kier molecular flexibility index (Phi) is 4.60. The molecule has 1 amide bonds. The lowest BCUT2D eigenvalue weighted by Crippen LogP contribution is -2.12. The molecular weight excluding hydrogens is 371 g/mol. The molecule has 0 saturated heterocycles.